The summed E-state index contributed by atoms with van der Waals surface area (Å²) >= 11 is 1.01. The number of carboxylic acid groups (broad SMARTS) is 1. The van der Waals surface area contributed by atoms with Gasteiger partial charge in [0.2, 0.25) is 0 Å². The first-order valence-corrected chi connectivity index (χ1v) is 5.70. The number of rotatable bonds is 4. The van der Waals surface area contributed by atoms with Crippen LogP contribution >= 0.6 is 11.3 Å². The van der Waals surface area contributed by atoms with Crippen LogP contribution in [0.15, 0.2) is 10.2 Å². The quantitative estimate of drug-likeness (QED) is 0.711. The molecule has 1 aromatic rings. The van der Waals surface area contributed by atoms with Gasteiger partial charge in [-0.2, -0.15) is 0 Å². The van der Waals surface area contributed by atoms with Crippen molar-refractivity contribution in [1.82, 2.24) is 15.2 Å². The van der Waals surface area contributed by atoms with E-state index in [4.69, 9.17) is 5.11 Å². The highest BCUT2D eigenvalue weighted by Gasteiger charge is 2.21. The molecule has 0 aromatic carbocycles. The molecule has 94 valence electrons. The number of amides is 2. The number of aliphatic carboxylic acids is 1. The molecule has 2 amide bonds. The number of nitrogens with zero attached hydrogens (tertiary/aromatic N) is 1. The summed E-state index contributed by atoms with van der Waals surface area (Å²) in [5.41, 5.74) is 0.588. The predicted octanol–water partition coefficient (Wildman–Crippen LogP) is 0.0509. The fourth-order valence-electron chi connectivity index (χ4n) is 1.04. The maximum atomic E-state index is 11.5. The molecule has 0 radical (unpaired) electrons. The maximum absolute atomic E-state index is 11.5. The van der Waals surface area contributed by atoms with Gasteiger partial charge in [-0.1, -0.05) is 11.3 Å². The first-order valence-electron chi connectivity index (χ1n) is 4.82. The Kier molecular flexibility index (Phi) is 4.27. The van der Waals surface area contributed by atoms with Gasteiger partial charge >= 0.3 is 16.9 Å². The number of carbonyl (C=O) groups is 2. The minimum absolute atomic E-state index is 0.161. The van der Waals surface area contributed by atoms with E-state index in [1.807, 2.05) is 0 Å². The lowest BCUT2D eigenvalue weighted by atomic mass is 10.3. The summed E-state index contributed by atoms with van der Waals surface area (Å²) in [5, 5.41) is 12.8. The van der Waals surface area contributed by atoms with Crippen molar-refractivity contribution < 1.29 is 14.7 Å². The van der Waals surface area contributed by atoms with E-state index in [1.54, 1.807) is 5.38 Å². The Bertz CT molecular complexity index is 467. The number of hydrogen-bond donors (Lipinski definition) is 3. The molecular weight excluding hydrogens is 246 g/mol. The van der Waals surface area contributed by atoms with E-state index in [0.29, 0.717) is 5.69 Å². The summed E-state index contributed by atoms with van der Waals surface area (Å²) in [6.07, 6.45) is 0. The molecule has 0 aliphatic rings. The summed E-state index contributed by atoms with van der Waals surface area (Å²) in [4.78, 5) is 36.4. The zero-order valence-electron chi connectivity index (χ0n) is 9.39. The molecule has 17 heavy (non-hydrogen) atoms. The van der Waals surface area contributed by atoms with Crippen molar-refractivity contribution in [2.24, 2.45) is 0 Å². The van der Waals surface area contributed by atoms with Crippen molar-refractivity contribution in [2.75, 3.05) is 7.05 Å². The highest BCUT2D eigenvalue weighted by atomic mass is 32.1. The third kappa shape index (κ3) is 3.59. The molecule has 1 unspecified atom stereocenters. The van der Waals surface area contributed by atoms with Crippen molar-refractivity contribution in [2.45, 2.75) is 19.5 Å². The van der Waals surface area contributed by atoms with Gasteiger partial charge < -0.3 is 20.3 Å². The topological polar surface area (TPSA) is 102 Å². The number of nitrogens with one attached hydrogen (secondary N) is 2. The molecule has 7 nitrogen and oxygen atoms in total. The molecule has 0 saturated carbocycles. The first-order chi connectivity index (χ1) is 7.91. The van der Waals surface area contributed by atoms with Crippen molar-refractivity contribution in [3.8, 4) is 0 Å². The Morgan fingerprint density at radius 1 is 1.65 bits per heavy atom. The highest BCUT2D eigenvalue weighted by Crippen LogP contribution is 1.98. The van der Waals surface area contributed by atoms with Gasteiger partial charge in [0.05, 0.1) is 6.54 Å². The van der Waals surface area contributed by atoms with Crippen LogP contribution < -0.4 is 10.2 Å². The molecule has 0 aliphatic heterocycles. The standard InChI is InChI=1S/C9H13N3O4S/c1-5(7(13)14)12(2)8(15)10-3-6-4-17-9(16)11-6/h4-5H,3H2,1-2H3,(H,10,15)(H,11,16)(H,13,14). The fourth-order valence-corrected chi connectivity index (χ4v) is 1.62. The predicted molar refractivity (Wildman–Crippen MR) is 62.0 cm³/mol. The van der Waals surface area contributed by atoms with E-state index in [9.17, 15) is 14.4 Å². The molecule has 0 fully saturated rings. The summed E-state index contributed by atoms with van der Waals surface area (Å²) in [7, 11) is 1.39. The Labute approximate surface area is 101 Å². The minimum Gasteiger partial charge on any atom is -0.480 e. The first kappa shape index (κ1) is 13.2. The zero-order valence-corrected chi connectivity index (χ0v) is 10.2. The van der Waals surface area contributed by atoms with Gasteiger partial charge in [0.1, 0.15) is 6.04 Å². The van der Waals surface area contributed by atoms with Crippen molar-refractivity contribution >= 4 is 23.3 Å². The van der Waals surface area contributed by atoms with Gasteiger partial charge in [-0.3, -0.25) is 4.79 Å². The molecule has 0 spiro atoms. The van der Waals surface area contributed by atoms with Crippen LogP contribution in [0.2, 0.25) is 0 Å². The van der Waals surface area contributed by atoms with Gasteiger partial charge in [0, 0.05) is 18.1 Å². The van der Waals surface area contributed by atoms with E-state index >= 15 is 0 Å². The number of carbonyl (C=O) groups excluding carboxylic acids is 1. The molecule has 3 N–H and O–H groups in total. The number of carboxylic acids is 1. The molecule has 1 heterocycles. The van der Waals surface area contributed by atoms with E-state index in [0.717, 1.165) is 16.2 Å². The Hall–Kier alpha value is -1.83. The zero-order chi connectivity index (χ0) is 13.0. The van der Waals surface area contributed by atoms with Crippen LogP contribution in [0.25, 0.3) is 0 Å². The monoisotopic (exact) mass is 259 g/mol. The second-order valence-corrected chi connectivity index (χ2v) is 4.30. The van der Waals surface area contributed by atoms with Crippen LogP contribution in [0.1, 0.15) is 12.6 Å². The second-order valence-electron chi connectivity index (χ2n) is 3.46. The number of urea groups is 1. The molecular formula is C9H13N3O4S. The smallest absolute Gasteiger partial charge is 0.326 e. The second kappa shape index (κ2) is 5.48. The lowest BCUT2D eigenvalue weighted by Crippen LogP contribution is -2.45. The Morgan fingerprint density at radius 2 is 2.29 bits per heavy atom. The minimum atomic E-state index is -1.08. The number of aromatic nitrogens is 1. The van der Waals surface area contributed by atoms with Crippen LogP contribution in [0.3, 0.4) is 0 Å². The van der Waals surface area contributed by atoms with E-state index in [-0.39, 0.29) is 11.4 Å². The van der Waals surface area contributed by atoms with Gasteiger partial charge in [-0.05, 0) is 6.92 Å². The third-order valence-electron chi connectivity index (χ3n) is 2.26. The molecule has 8 heteroatoms. The largest absolute Gasteiger partial charge is 0.480 e. The number of aromatic amines is 1. The Morgan fingerprint density at radius 3 is 2.76 bits per heavy atom. The van der Waals surface area contributed by atoms with E-state index in [2.05, 4.69) is 10.3 Å². The van der Waals surface area contributed by atoms with Crippen LogP contribution in [0.4, 0.5) is 4.79 Å². The van der Waals surface area contributed by atoms with E-state index in [1.165, 1.54) is 14.0 Å². The summed E-state index contributed by atoms with van der Waals surface area (Å²) in [5.74, 6) is -1.08. The van der Waals surface area contributed by atoms with Crippen LogP contribution in [0.5, 0.6) is 0 Å². The molecule has 0 saturated heterocycles. The van der Waals surface area contributed by atoms with Gasteiger partial charge in [-0.15, -0.1) is 0 Å². The Balaban J connectivity index is 2.49. The van der Waals surface area contributed by atoms with Gasteiger partial charge in [0.25, 0.3) is 0 Å². The van der Waals surface area contributed by atoms with Gasteiger partial charge in [-0.25, -0.2) is 9.59 Å². The van der Waals surface area contributed by atoms with Crippen molar-refractivity contribution in [1.29, 1.82) is 0 Å². The normalized spacial score (nSPS) is 11.9. The average molecular weight is 259 g/mol. The summed E-state index contributed by atoms with van der Waals surface area (Å²) in [6.45, 7) is 1.57. The van der Waals surface area contributed by atoms with E-state index < -0.39 is 18.0 Å². The van der Waals surface area contributed by atoms with Crippen LogP contribution in [0, 0.1) is 0 Å². The molecule has 1 aromatic heterocycles. The molecule has 1 rings (SSSR count). The average Bonchev–Trinajstić information content (AvgIpc) is 2.69. The number of H-pyrrole nitrogens is 1. The SMILES string of the molecule is CC(C(=O)O)N(C)C(=O)NCc1csc(=O)[nH]1. The number of hydrogen-bond acceptors (Lipinski definition) is 4. The maximum Gasteiger partial charge on any atom is 0.326 e. The number of likely N-dealkylation sites (N-methyl/N-ethyl adjacent to an activating group) is 1. The number of thiazole rings is 1. The summed E-state index contributed by atoms with van der Waals surface area (Å²) < 4.78 is 0. The molecule has 0 bridgehead atoms. The van der Waals surface area contributed by atoms with Crippen LogP contribution in [-0.4, -0.2) is 40.1 Å². The molecule has 0 aliphatic carbocycles. The third-order valence-corrected chi connectivity index (χ3v) is 2.98. The lowest BCUT2D eigenvalue weighted by Gasteiger charge is -2.21. The fraction of sp³-hybridized carbons (Fsp3) is 0.444. The van der Waals surface area contributed by atoms with Crippen LogP contribution in [-0.2, 0) is 11.3 Å². The lowest BCUT2D eigenvalue weighted by molar-refractivity contribution is -0.141. The van der Waals surface area contributed by atoms with Crippen molar-refractivity contribution in [3.05, 3.63) is 20.7 Å². The highest BCUT2D eigenvalue weighted by molar-refractivity contribution is 7.07. The van der Waals surface area contributed by atoms with Gasteiger partial charge in [0.15, 0.2) is 0 Å². The van der Waals surface area contributed by atoms with Crippen molar-refractivity contribution in [3.63, 3.8) is 0 Å². The molecule has 1 atom stereocenters. The summed E-state index contributed by atoms with van der Waals surface area (Å²) in [6, 6.07) is -1.41.